The summed E-state index contributed by atoms with van der Waals surface area (Å²) in [4.78, 5) is 4.32. The van der Waals surface area contributed by atoms with Gasteiger partial charge in [0.2, 0.25) is 0 Å². The van der Waals surface area contributed by atoms with Gasteiger partial charge < -0.3 is 10.1 Å². The summed E-state index contributed by atoms with van der Waals surface area (Å²) in [6.07, 6.45) is 4.29. The van der Waals surface area contributed by atoms with Gasteiger partial charge in [-0.15, -0.1) is 0 Å². The highest BCUT2D eigenvalue weighted by Crippen LogP contribution is 2.44. The van der Waals surface area contributed by atoms with Crippen molar-refractivity contribution in [3.63, 3.8) is 0 Å². The Kier molecular flexibility index (Phi) is 1.19. The second-order valence-electron chi connectivity index (χ2n) is 4.05. The van der Waals surface area contributed by atoms with Crippen molar-refractivity contribution in [2.24, 2.45) is 0 Å². The van der Waals surface area contributed by atoms with Gasteiger partial charge in [0, 0.05) is 6.20 Å². The van der Waals surface area contributed by atoms with E-state index in [2.05, 4.69) is 10.3 Å². The van der Waals surface area contributed by atoms with Crippen LogP contribution < -0.4 is 10.1 Å². The molecule has 2 aliphatic rings. The van der Waals surface area contributed by atoms with Gasteiger partial charge in [0.05, 0.1) is 5.54 Å². The molecule has 1 spiro atoms. The minimum atomic E-state index is 0.231. The van der Waals surface area contributed by atoms with Gasteiger partial charge in [-0.1, -0.05) is 0 Å². The van der Waals surface area contributed by atoms with E-state index in [1.54, 1.807) is 0 Å². The predicted molar refractivity (Wildman–Crippen MR) is 50.1 cm³/mol. The molecule has 0 bridgehead atoms. The Bertz CT molecular complexity index is 358. The number of nitrogens with zero attached hydrogens (tertiary/aromatic N) is 1. The van der Waals surface area contributed by atoms with Gasteiger partial charge in [-0.05, 0) is 31.4 Å². The number of hydrogen-bond acceptors (Lipinski definition) is 3. The van der Waals surface area contributed by atoms with Crippen LogP contribution in [0, 0.1) is 6.92 Å². The van der Waals surface area contributed by atoms with Gasteiger partial charge in [-0.2, -0.15) is 0 Å². The molecule has 3 nitrogen and oxygen atoms in total. The maximum absolute atomic E-state index is 5.66. The Morgan fingerprint density at radius 2 is 2.38 bits per heavy atom. The fraction of sp³-hybridized carbons (Fsp3) is 0.500. The van der Waals surface area contributed by atoms with Crippen LogP contribution in [0.2, 0.25) is 0 Å². The van der Waals surface area contributed by atoms with Crippen LogP contribution in [0.25, 0.3) is 0 Å². The summed E-state index contributed by atoms with van der Waals surface area (Å²) in [5.41, 5.74) is 1.38. The van der Waals surface area contributed by atoms with Crippen molar-refractivity contribution < 1.29 is 4.74 Å². The highest BCUT2D eigenvalue weighted by molar-refractivity contribution is 5.56. The average molecular weight is 176 g/mol. The van der Waals surface area contributed by atoms with Gasteiger partial charge in [-0.25, -0.2) is 4.98 Å². The zero-order valence-electron chi connectivity index (χ0n) is 7.63. The van der Waals surface area contributed by atoms with Gasteiger partial charge in [0.25, 0.3) is 0 Å². The summed E-state index contributed by atoms with van der Waals surface area (Å²) in [6.45, 7) is 2.82. The topological polar surface area (TPSA) is 34.1 Å². The first-order chi connectivity index (χ1) is 6.27. The maximum atomic E-state index is 5.66. The SMILES string of the molecule is Cc1cnc2c(c1)OCC1(CC1)N2. The molecule has 0 radical (unpaired) electrons. The van der Waals surface area contributed by atoms with Crippen molar-refractivity contribution in [2.75, 3.05) is 11.9 Å². The lowest BCUT2D eigenvalue weighted by molar-refractivity contribution is 0.273. The molecule has 0 atom stereocenters. The summed E-state index contributed by atoms with van der Waals surface area (Å²) < 4.78 is 5.66. The van der Waals surface area contributed by atoms with Crippen LogP contribution in [-0.4, -0.2) is 17.1 Å². The molecule has 1 aromatic rings. The Morgan fingerprint density at radius 1 is 1.54 bits per heavy atom. The first-order valence-electron chi connectivity index (χ1n) is 4.65. The Hall–Kier alpha value is -1.25. The van der Waals surface area contributed by atoms with E-state index >= 15 is 0 Å². The van der Waals surface area contributed by atoms with Crippen molar-refractivity contribution in [3.05, 3.63) is 17.8 Å². The number of anilines is 1. The quantitative estimate of drug-likeness (QED) is 0.653. The van der Waals surface area contributed by atoms with E-state index in [0.717, 1.165) is 23.7 Å². The molecular formula is C10H12N2O. The van der Waals surface area contributed by atoms with Gasteiger partial charge in [0.15, 0.2) is 11.6 Å². The van der Waals surface area contributed by atoms with E-state index in [1.807, 2.05) is 19.2 Å². The molecule has 68 valence electrons. The van der Waals surface area contributed by atoms with Crippen LogP contribution in [-0.2, 0) is 0 Å². The van der Waals surface area contributed by atoms with Crippen molar-refractivity contribution in [3.8, 4) is 5.75 Å². The molecule has 0 amide bonds. The fourth-order valence-corrected chi connectivity index (χ4v) is 1.67. The fourth-order valence-electron chi connectivity index (χ4n) is 1.67. The number of rotatable bonds is 0. The molecule has 0 aromatic carbocycles. The predicted octanol–water partition coefficient (Wildman–Crippen LogP) is 1.73. The van der Waals surface area contributed by atoms with E-state index in [4.69, 9.17) is 4.74 Å². The van der Waals surface area contributed by atoms with E-state index < -0.39 is 0 Å². The van der Waals surface area contributed by atoms with Gasteiger partial charge in [0.1, 0.15) is 6.61 Å². The van der Waals surface area contributed by atoms with Crippen LogP contribution in [0.3, 0.4) is 0 Å². The zero-order chi connectivity index (χ0) is 8.89. The molecule has 1 fully saturated rings. The average Bonchev–Trinajstić information content (AvgIpc) is 2.87. The first-order valence-corrected chi connectivity index (χ1v) is 4.65. The van der Waals surface area contributed by atoms with E-state index in [-0.39, 0.29) is 5.54 Å². The van der Waals surface area contributed by atoms with Crippen LogP contribution >= 0.6 is 0 Å². The molecule has 1 aromatic heterocycles. The van der Waals surface area contributed by atoms with Crippen molar-refractivity contribution in [1.82, 2.24) is 4.98 Å². The highest BCUT2D eigenvalue weighted by atomic mass is 16.5. The van der Waals surface area contributed by atoms with Crippen LogP contribution in [0.4, 0.5) is 5.82 Å². The molecule has 2 heterocycles. The monoisotopic (exact) mass is 176 g/mol. The normalized spacial score (nSPS) is 21.6. The summed E-state index contributed by atoms with van der Waals surface area (Å²) in [5, 5.41) is 3.44. The number of hydrogen-bond donors (Lipinski definition) is 1. The maximum Gasteiger partial charge on any atom is 0.169 e. The molecule has 1 aliphatic heterocycles. The molecule has 3 heteroatoms. The van der Waals surface area contributed by atoms with Gasteiger partial charge >= 0.3 is 0 Å². The summed E-state index contributed by atoms with van der Waals surface area (Å²) in [6, 6.07) is 2.03. The van der Waals surface area contributed by atoms with E-state index in [1.165, 1.54) is 12.8 Å². The summed E-state index contributed by atoms with van der Waals surface area (Å²) >= 11 is 0. The first kappa shape index (κ1) is 7.18. The van der Waals surface area contributed by atoms with Crippen LogP contribution in [0.5, 0.6) is 5.75 Å². The smallest absolute Gasteiger partial charge is 0.169 e. The number of pyridine rings is 1. The molecule has 0 saturated heterocycles. The second kappa shape index (κ2) is 2.16. The third-order valence-corrected chi connectivity index (χ3v) is 2.73. The van der Waals surface area contributed by atoms with Crippen molar-refractivity contribution in [1.29, 1.82) is 0 Å². The molecule has 13 heavy (non-hydrogen) atoms. The number of ether oxygens (including phenoxy) is 1. The molecule has 1 N–H and O–H groups in total. The summed E-state index contributed by atoms with van der Waals surface area (Å²) in [7, 11) is 0. The number of fused-ring (bicyclic) bond motifs is 1. The number of nitrogens with one attached hydrogen (secondary N) is 1. The molecule has 0 unspecified atom stereocenters. The standard InChI is InChI=1S/C10H12N2O/c1-7-4-8-9(11-5-7)12-10(2-3-10)6-13-8/h4-5H,2-3,6H2,1H3,(H,11,12). The van der Waals surface area contributed by atoms with Crippen LogP contribution in [0.1, 0.15) is 18.4 Å². The second-order valence-corrected chi connectivity index (χ2v) is 4.05. The highest BCUT2D eigenvalue weighted by Gasteiger charge is 2.46. The van der Waals surface area contributed by atoms with Crippen LogP contribution in [0.15, 0.2) is 12.3 Å². The van der Waals surface area contributed by atoms with Crippen molar-refractivity contribution >= 4 is 5.82 Å². The Balaban J connectivity index is 2.00. The third kappa shape index (κ3) is 1.07. The molecular weight excluding hydrogens is 164 g/mol. The lowest BCUT2D eigenvalue weighted by Gasteiger charge is -2.26. The van der Waals surface area contributed by atoms with E-state index in [0.29, 0.717) is 0 Å². The minimum Gasteiger partial charge on any atom is -0.487 e. The lowest BCUT2D eigenvalue weighted by atomic mass is 10.2. The number of aromatic nitrogens is 1. The van der Waals surface area contributed by atoms with Gasteiger partial charge in [-0.3, -0.25) is 0 Å². The lowest BCUT2D eigenvalue weighted by Crippen LogP contribution is -2.33. The molecule has 1 aliphatic carbocycles. The largest absolute Gasteiger partial charge is 0.487 e. The number of aryl methyl sites for hydroxylation is 1. The Labute approximate surface area is 77.1 Å². The third-order valence-electron chi connectivity index (χ3n) is 2.73. The minimum absolute atomic E-state index is 0.231. The Morgan fingerprint density at radius 3 is 3.15 bits per heavy atom. The zero-order valence-corrected chi connectivity index (χ0v) is 7.63. The molecule has 1 saturated carbocycles. The van der Waals surface area contributed by atoms with E-state index in [9.17, 15) is 0 Å². The molecule has 3 rings (SSSR count). The van der Waals surface area contributed by atoms with Crippen molar-refractivity contribution in [2.45, 2.75) is 25.3 Å². The summed E-state index contributed by atoms with van der Waals surface area (Å²) in [5.74, 6) is 1.81.